The topological polar surface area (TPSA) is 67.8 Å². The molecule has 0 amide bonds. The van der Waals surface area contributed by atoms with Crippen molar-refractivity contribution in [3.8, 4) is 11.5 Å². The highest BCUT2D eigenvalue weighted by Gasteiger charge is 2.11. The maximum Gasteiger partial charge on any atom is 0.336 e. The molecule has 3 rings (SSSR count). The zero-order valence-electron chi connectivity index (χ0n) is 11.3. The Kier molecular flexibility index (Phi) is 3.96. The number of nitrogens with one attached hydrogen (secondary N) is 1. The molecule has 0 saturated heterocycles. The van der Waals surface area contributed by atoms with Crippen molar-refractivity contribution in [2.24, 2.45) is 0 Å². The number of fused-ring (bicyclic) bond motifs is 1. The Balaban J connectivity index is 1.67. The van der Waals surface area contributed by atoms with E-state index < -0.39 is 5.97 Å². The molecule has 0 radical (unpaired) electrons. The molecular weight excluding hydrogens is 290 g/mol. The van der Waals surface area contributed by atoms with Crippen LogP contribution in [0.5, 0.6) is 11.5 Å². The average Bonchev–Trinajstić information content (AvgIpc) is 2.84. The number of ether oxygens (including phenoxy) is 2. The van der Waals surface area contributed by atoms with Crippen molar-refractivity contribution in [2.75, 3.05) is 18.5 Å². The molecule has 0 bridgehead atoms. The van der Waals surface area contributed by atoms with E-state index in [-0.39, 0.29) is 0 Å². The maximum atomic E-state index is 10.8. The van der Waals surface area contributed by atoms with Gasteiger partial charge in [0.2, 0.25) is 0 Å². The minimum atomic E-state index is -0.895. The van der Waals surface area contributed by atoms with Gasteiger partial charge < -0.3 is 19.9 Å². The molecule has 0 fully saturated rings. The van der Waals surface area contributed by atoms with Gasteiger partial charge in [0.05, 0.1) is 18.8 Å². The Morgan fingerprint density at radius 2 is 2.05 bits per heavy atom. The molecular formula is C15H15NO4S. The SMILES string of the molecule is O=C(O)c1csc(CNc2ccc3c(c2)OCCCO3)c1. The van der Waals surface area contributed by atoms with E-state index in [9.17, 15) is 4.79 Å². The molecule has 2 N–H and O–H groups in total. The first-order valence-corrected chi connectivity index (χ1v) is 7.54. The van der Waals surface area contributed by atoms with Gasteiger partial charge in [-0.2, -0.15) is 0 Å². The number of anilines is 1. The number of carbonyl (C=O) groups is 1. The highest BCUT2D eigenvalue weighted by molar-refractivity contribution is 7.10. The van der Waals surface area contributed by atoms with E-state index in [2.05, 4.69) is 5.32 Å². The number of hydrogen-bond donors (Lipinski definition) is 2. The predicted molar refractivity (Wildman–Crippen MR) is 80.7 cm³/mol. The molecule has 2 aromatic rings. The monoisotopic (exact) mass is 305 g/mol. The summed E-state index contributed by atoms with van der Waals surface area (Å²) in [6.07, 6.45) is 0.880. The molecule has 0 unspecified atom stereocenters. The van der Waals surface area contributed by atoms with Gasteiger partial charge in [0.25, 0.3) is 0 Å². The third-order valence-electron chi connectivity index (χ3n) is 3.11. The highest BCUT2D eigenvalue weighted by Crippen LogP contribution is 2.32. The number of benzene rings is 1. The zero-order valence-corrected chi connectivity index (χ0v) is 12.1. The van der Waals surface area contributed by atoms with Gasteiger partial charge in [-0.15, -0.1) is 11.3 Å². The van der Waals surface area contributed by atoms with Crippen LogP contribution in [0.15, 0.2) is 29.6 Å². The lowest BCUT2D eigenvalue weighted by Gasteiger charge is -2.10. The summed E-state index contributed by atoms with van der Waals surface area (Å²) in [5, 5.41) is 13.8. The fourth-order valence-electron chi connectivity index (χ4n) is 2.05. The minimum absolute atomic E-state index is 0.329. The minimum Gasteiger partial charge on any atom is -0.490 e. The molecule has 110 valence electrons. The van der Waals surface area contributed by atoms with E-state index in [4.69, 9.17) is 14.6 Å². The standard InChI is InChI=1S/C15H15NO4S/c17-15(18)10-6-12(21-9-10)8-16-11-2-3-13-14(7-11)20-5-1-4-19-13/h2-3,6-7,9,16H,1,4-5,8H2,(H,17,18). The first-order valence-electron chi connectivity index (χ1n) is 6.66. The van der Waals surface area contributed by atoms with Crippen LogP contribution in [0, 0.1) is 0 Å². The summed E-state index contributed by atoms with van der Waals surface area (Å²) in [7, 11) is 0. The second-order valence-electron chi connectivity index (χ2n) is 4.67. The smallest absolute Gasteiger partial charge is 0.336 e. The number of hydrogen-bond acceptors (Lipinski definition) is 5. The number of aromatic carboxylic acids is 1. The van der Waals surface area contributed by atoms with Crippen LogP contribution >= 0.6 is 11.3 Å². The molecule has 5 nitrogen and oxygen atoms in total. The van der Waals surface area contributed by atoms with E-state index in [1.54, 1.807) is 11.4 Å². The number of thiophene rings is 1. The molecule has 2 heterocycles. The highest BCUT2D eigenvalue weighted by atomic mass is 32.1. The Morgan fingerprint density at radius 1 is 1.24 bits per heavy atom. The van der Waals surface area contributed by atoms with Crippen molar-refractivity contribution in [2.45, 2.75) is 13.0 Å². The largest absolute Gasteiger partial charge is 0.490 e. The van der Waals surface area contributed by atoms with E-state index in [0.29, 0.717) is 25.3 Å². The van der Waals surface area contributed by atoms with Crippen molar-refractivity contribution in [1.29, 1.82) is 0 Å². The molecule has 0 atom stereocenters. The summed E-state index contributed by atoms with van der Waals surface area (Å²) in [5.74, 6) is 0.616. The number of carboxylic acids is 1. The van der Waals surface area contributed by atoms with Crippen molar-refractivity contribution in [3.05, 3.63) is 40.1 Å². The summed E-state index contributed by atoms with van der Waals surface area (Å²) >= 11 is 1.43. The summed E-state index contributed by atoms with van der Waals surface area (Å²) < 4.78 is 11.2. The van der Waals surface area contributed by atoms with Crippen LogP contribution in [0.3, 0.4) is 0 Å². The normalized spacial score (nSPS) is 13.5. The Labute approximate surface area is 126 Å². The number of rotatable bonds is 4. The van der Waals surface area contributed by atoms with Crippen LogP contribution < -0.4 is 14.8 Å². The second-order valence-corrected chi connectivity index (χ2v) is 5.67. The molecule has 0 aliphatic carbocycles. The third kappa shape index (κ3) is 3.28. The first kappa shape index (κ1) is 13.8. The van der Waals surface area contributed by atoms with Crippen molar-refractivity contribution < 1.29 is 19.4 Å². The van der Waals surface area contributed by atoms with Gasteiger partial charge in [0, 0.05) is 35.0 Å². The van der Waals surface area contributed by atoms with E-state index in [0.717, 1.165) is 28.5 Å². The van der Waals surface area contributed by atoms with Gasteiger partial charge >= 0.3 is 5.97 Å². The van der Waals surface area contributed by atoms with Crippen LogP contribution in [0.2, 0.25) is 0 Å². The lowest BCUT2D eigenvalue weighted by molar-refractivity contribution is 0.0697. The van der Waals surface area contributed by atoms with Gasteiger partial charge in [-0.3, -0.25) is 0 Å². The summed E-state index contributed by atoms with van der Waals surface area (Å²) in [6, 6.07) is 7.41. The summed E-state index contributed by atoms with van der Waals surface area (Å²) in [4.78, 5) is 11.8. The van der Waals surface area contributed by atoms with E-state index >= 15 is 0 Å². The van der Waals surface area contributed by atoms with Crippen molar-refractivity contribution in [1.82, 2.24) is 0 Å². The van der Waals surface area contributed by atoms with Gasteiger partial charge in [-0.05, 0) is 18.2 Å². The lowest BCUT2D eigenvalue weighted by Crippen LogP contribution is -1.99. The molecule has 6 heteroatoms. The summed E-state index contributed by atoms with van der Waals surface area (Å²) in [5.41, 5.74) is 1.25. The van der Waals surface area contributed by atoms with Crippen molar-refractivity contribution >= 4 is 23.0 Å². The Hall–Kier alpha value is -2.21. The fraction of sp³-hybridized carbons (Fsp3) is 0.267. The third-order valence-corrected chi connectivity index (χ3v) is 4.05. The summed E-state index contributed by atoms with van der Waals surface area (Å²) in [6.45, 7) is 1.91. The quantitative estimate of drug-likeness (QED) is 0.908. The van der Waals surface area contributed by atoms with E-state index in [1.165, 1.54) is 11.3 Å². The molecule has 21 heavy (non-hydrogen) atoms. The molecule has 0 spiro atoms. The van der Waals surface area contributed by atoms with Crippen LogP contribution in [0.25, 0.3) is 0 Å². The van der Waals surface area contributed by atoms with Gasteiger partial charge in [-0.25, -0.2) is 4.79 Å². The Morgan fingerprint density at radius 3 is 2.81 bits per heavy atom. The fourth-order valence-corrected chi connectivity index (χ4v) is 2.85. The first-order chi connectivity index (χ1) is 10.2. The van der Waals surface area contributed by atoms with E-state index in [1.807, 2.05) is 18.2 Å². The molecule has 1 aromatic heterocycles. The van der Waals surface area contributed by atoms with Gasteiger partial charge in [0.15, 0.2) is 11.5 Å². The zero-order chi connectivity index (χ0) is 14.7. The van der Waals surface area contributed by atoms with Crippen molar-refractivity contribution in [3.63, 3.8) is 0 Å². The van der Waals surface area contributed by atoms with Crippen LogP contribution in [0.1, 0.15) is 21.7 Å². The molecule has 0 saturated carbocycles. The Bertz CT molecular complexity index is 653. The van der Waals surface area contributed by atoms with Gasteiger partial charge in [0.1, 0.15) is 0 Å². The number of carboxylic acid groups (broad SMARTS) is 1. The van der Waals surface area contributed by atoms with Crippen LogP contribution in [-0.4, -0.2) is 24.3 Å². The predicted octanol–water partition coefficient (Wildman–Crippen LogP) is 3.22. The van der Waals surface area contributed by atoms with Crippen LogP contribution in [0.4, 0.5) is 5.69 Å². The van der Waals surface area contributed by atoms with Crippen LogP contribution in [-0.2, 0) is 6.54 Å². The molecule has 1 aromatic carbocycles. The van der Waals surface area contributed by atoms with Gasteiger partial charge in [-0.1, -0.05) is 0 Å². The molecule has 1 aliphatic rings. The average molecular weight is 305 g/mol. The molecule has 1 aliphatic heterocycles. The maximum absolute atomic E-state index is 10.8. The lowest BCUT2D eigenvalue weighted by atomic mass is 10.2. The second kappa shape index (κ2) is 6.05.